The van der Waals surface area contributed by atoms with Crippen LogP contribution in [-0.4, -0.2) is 25.3 Å². The largest absolute Gasteiger partial charge is 0.243 e. The third kappa shape index (κ3) is 2.10. The Morgan fingerprint density at radius 2 is 1.88 bits per heavy atom. The van der Waals surface area contributed by atoms with Crippen LogP contribution in [0.15, 0.2) is 29.2 Å². The second-order valence-corrected chi connectivity index (χ2v) is 5.78. The van der Waals surface area contributed by atoms with Crippen LogP contribution < -0.4 is 0 Å². The average molecular weight is 243 g/mol. The Morgan fingerprint density at radius 3 is 2.31 bits per heavy atom. The Hall–Kier alpha value is -0.940. The Bertz CT molecular complexity index is 465. The fourth-order valence-electron chi connectivity index (χ4n) is 1.73. The molecule has 1 aliphatic rings. The zero-order valence-electron chi connectivity index (χ0n) is 9.06. The van der Waals surface area contributed by atoms with Crippen molar-refractivity contribution in [2.24, 2.45) is 0 Å². The lowest BCUT2D eigenvalue weighted by Crippen LogP contribution is -2.32. The van der Waals surface area contributed by atoms with Crippen LogP contribution in [0.25, 0.3) is 0 Å². The summed E-state index contributed by atoms with van der Waals surface area (Å²) < 4.78 is 38.5. The first kappa shape index (κ1) is 11.5. The smallest absolute Gasteiger partial charge is 0.207 e. The fourth-order valence-corrected chi connectivity index (χ4v) is 3.42. The Labute approximate surface area is 94.9 Å². The van der Waals surface area contributed by atoms with Crippen molar-refractivity contribution < 1.29 is 12.8 Å². The van der Waals surface area contributed by atoms with Gasteiger partial charge in [0.2, 0.25) is 10.0 Å². The van der Waals surface area contributed by atoms with E-state index < -0.39 is 15.8 Å². The van der Waals surface area contributed by atoms with Crippen LogP contribution in [0.3, 0.4) is 0 Å². The molecule has 0 aliphatic heterocycles. The predicted molar refractivity (Wildman–Crippen MR) is 59.0 cm³/mol. The van der Waals surface area contributed by atoms with Crippen LogP contribution in [0.4, 0.5) is 4.39 Å². The summed E-state index contributed by atoms with van der Waals surface area (Å²) in [5.74, 6) is -0.423. The van der Waals surface area contributed by atoms with Crippen molar-refractivity contribution in [3.63, 3.8) is 0 Å². The van der Waals surface area contributed by atoms with Crippen molar-refractivity contribution in [2.75, 3.05) is 6.54 Å². The van der Waals surface area contributed by atoms with Gasteiger partial charge in [-0.1, -0.05) is 6.92 Å². The minimum absolute atomic E-state index is 0.139. The molecular formula is C11H14FNO2S. The first-order chi connectivity index (χ1) is 7.55. The quantitative estimate of drug-likeness (QED) is 0.811. The average Bonchev–Trinajstić information content (AvgIpc) is 3.03. The summed E-state index contributed by atoms with van der Waals surface area (Å²) in [6, 6.07) is 5.12. The van der Waals surface area contributed by atoms with Gasteiger partial charge in [0.25, 0.3) is 0 Å². The van der Waals surface area contributed by atoms with Gasteiger partial charge in [-0.25, -0.2) is 12.8 Å². The first-order valence-electron chi connectivity index (χ1n) is 5.33. The van der Waals surface area contributed by atoms with Crippen LogP contribution in [-0.2, 0) is 10.0 Å². The Kier molecular flexibility index (Phi) is 2.99. The summed E-state index contributed by atoms with van der Waals surface area (Å²) in [4.78, 5) is 0.169. The van der Waals surface area contributed by atoms with Gasteiger partial charge in [0, 0.05) is 12.6 Å². The van der Waals surface area contributed by atoms with E-state index in [4.69, 9.17) is 0 Å². The molecule has 1 saturated carbocycles. The van der Waals surface area contributed by atoms with E-state index in [9.17, 15) is 12.8 Å². The van der Waals surface area contributed by atoms with Crippen molar-refractivity contribution in [2.45, 2.75) is 30.7 Å². The summed E-state index contributed by atoms with van der Waals surface area (Å²) in [6.45, 7) is 2.28. The summed E-state index contributed by atoms with van der Waals surface area (Å²) in [6.07, 6.45) is 1.85. The normalized spacial score (nSPS) is 16.7. The molecule has 16 heavy (non-hydrogen) atoms. The molecule has 3 nitrogen and oxygen atoms in total. The van der Waals surface area contributed by atoms with Gasteiger partial charge in [0.05, 0.1) is 4.90 Å². The Morgan fingerprint density at radius 1 is 1.31 bits per heavy atom. The van der Waals surface area contributed by atoms with Gasteiger partial charge in [-0.2, -0.15) is 4.31 Å². The molecule has 0 amide bonds. The van der Waals surface area contributed by atoms with Crippen LogP contribution in [0.2, 0.25) is 0 Å². The van der Waals surface area contributed by atoms with Gasteiger partial charge in [-0.05, 0) is 37.1 Å². The molecule has 0 atom stereocenters. The second kappa shape index (κ2) is 4.14. The van der Waals surface area contributed by atoms with Crippen molar-refractivity contribution in [1.29, 1.82) is 0 Å². The first-order valence-corrected chi connectivity index (χ1v) is 6.77. The molecule has 0 N–H and O–H groups in total. The molecule has 0 aromatic heterocycles. The minimum atomic E-state index is -3.44. The lowest BCUT2D eigenvalue weighted by molar-refractivity contribution is 0.421. The molecular weight excluding hydrogens is 229 g/mol. The molecule has 0 heterocycles. The lowest BCUT2D eigenvalue weighted by atomic mass is 10.4. The number of halogens is 1. The van der Waals surface area contributed by atoms with Gasteiger partial charge in [0.1, 0.15) is 5.82 Å². The maximum absolute atomic E-state index is 12.7. The van der Waals surface area contributed by atoms with E-state index in [0.29, 0.717) is 6.54 Å². The van der Waals surface area contributed by atoms with E-state index in [-0.39, 0.29) is 10.9 Å². The number of nitrogens with zero attached hydrogens (tertiary/aromatic N) is 1. The second-order valence-electron chi connectivity index (χ2n) is 3.89. The summed E-state index contributed by atoms with van der Waals surface area (Å²) in [7, 11) is -3.44. The van der Waals surface area contributed by atoms with E-state index in [1.807, 2.05) is 6.92 Å². The lowest BCUT2D eigenvalue weighted by Gasteiger charge is -2.19. The van der Waals surface area contributed by atoms with Crippen LogP contribution in [0, 0.1) is 5.82 Å². The van der Waals surface area contributed by atoms with E-state index in [0.717, 1.165) is 12.8 Å². The molecule has 0 unspecified atom stereocenters. The molecule has 0 spiro atoms. The summed E-state index contributed by atoms with van der Waals surface area (Å²) >= 11 is 0. The highest BCUT2D eigenvalue weighted by atomic mass is 32.2. The molecule has 1 aromatic rings. The molecule has 5 heteroatoms. The molecule has 1 aromatic carbocycles. The number of benzene rings is 1. The molecule has 0 saturated heterocycles. The summed E-state index contributed by atoms with van der Waals surface area (Å²) in [5, 5.41) is 0. The highest BCUT2D eigenvalue weighted by molar-refractivity contribution is 7.89. The molecule has 2 rings (SSSR count). The minimum Gasteiger partial charge on any atom is -0.207 e. The van der Waals surface area contributed by atoms with Crippen molar-refractivity contribution >= 4 is 10.0 Å². The number of sulfonamides is 1. The predicted octanol–water partition coefficient (Wildman–Crippen LogP) is 2.00. The highest BCUT2D eigenvalue weighted by Gasteiger charge is 2.36. The molecule has 0 bridgehead atoms. The number of hydrogen-bond acceptors (Lipinski definition) is 2. The third-order valence-electron chi connectivity index (χ3n) is 2.69. The van der Waals surface area contributed by atoms with E-state index in [1.54, 1.807) is 0 Å². The molecule has 1 aliphatic carbocycles. The van der Waals surface area contributed by atoms with Crippen molar-refractivity contribution in [1.82, 2.24) is 4.31 Å². The van der Waals surface area contributed by atoms with Gasteiger partial charge in [-0.3, -0.25) is 0 Å². The highest BCUT2D eigenvalue weighted by Crippen LogP contribution is 2.31. The molecule has 88 valence electrons. The standard InChI is InChI=1S/C11H14FNO2S/c1-2-13(10-5-6-10)16(14,15)11-7-3-9(12)4-8-11/h3-4,7-8,10H,2,5-6H2,1H3. The van der Waals surface area contributed by atoms with E-state index >= 15 is 0 Å². The van der Waals surface area contributed by atoms with E-state index in [2.05, 4.69) is 0 Å². The van der Waals surface area contributed by atoms with Crippen LogP contribution in [0.1, 0.15) is 19.8 Å². The zero-order chi connectivity index (χ0) is 11.8. The zero-order valence-corrected chi connectivity index (χ0v) is 9.87. The molecule has 1 fully saturated rings. The monoisotopic (exact) mass is 243 g/mol. The van der Waals surface area contributed by atoms with Gasteiger partial charge in [0.15, 0.2) is 0 Å². The van der Waals surface area contributed by atoms with Crippen molar-refractivity contribution in [3.8, 4) is 0 Å². The van der Waals surface area contributed by atoms with Gasteiger partial charge < -0.3 is 0 Å². The topological polar surface area (TPSA) is 37.4 Å². The third-order valence-corrected chi connectivity index (χ3v) is 4.73. The van der Waals surface area contributed by atoms with Crippen molar-refractivity contribution in [3.05, 3.63) is 30.1 Å². The Balaban J connectivity index is 2.33. The maximum atomic E-state index is 12.7. The SMILES string of the molecule is CCN(C1CC1)S(=O)(=O)c1ccc(F)cc1. The van der Waals surface area contributed by atoms with Gasteiger partial charge >= 0.3 is 0 Å². The fraction of sp³-hybridized carbons (Fsp3) is 0.455. The number of rotatable bonds is 4. The molecule has 0 radical (unpaired) electrons. The maximum Gasteiger partial charge on any atom is 0.243 e. The summed E-state index contributed by atoms with van der Waals surface area (Å²) in [5.41, 5.74) is 0. The van der Waals surface area contributed by atoms with E-state index in [1.165, 1.54) is 28.6 Å². The van der Waals surface area contributed by atoms with Crippen LogP contribution in [0.5, 0.6) is 0 Å². The van der Waals surface area contributed by atoms with Gasteiger partial charge in [-0.15, -0.1) is 0 Å². The number of hydrogen-bond donors (Lipinski definition) is 0. The van der Waals surface area contributed by atoms with Crippen LogP contribution >= 0.6 is 0 Å².